The van der Waals surface area contributed by atoms with Crippen molar-refractivity contribution in [1.82, 2.24) is 0 Å². The van der Waals surface area contributed by atoms with Crippen molar-refractivity contribution < 1.29 is 13.8 Å². The fourth-order valence-electron chi connectivity index (χ4n) is 2.25. The fourth-order valence-corrected chi connectivity index (χ4v) is 3.00. The van der Waals surface area contributed by atoms with Gasteiger partial charge in [-0.05, 0) is 90.3 Å². The molecule has 2 rings (SSSR count). The molecular weight excluding hydrogens is 420 g/mol. The van der Waals surface area contributed by atoms with Gasteiger partial charge in [0.15, 0.2) is 0 Å². The molecule has 0 heterocycles. The smallest absolute Gasteiger partial charge is 0.380 e. The Hall–Kier alpha value is -1.90. The average molecular weight is 440 g/mol. The van der Waals surface area contributed by atoms with Crippen molar-refractivity contribution >= 4 is 39.9 Å². The van der Waals surface area contributed by atoms with Gasteiger partial charge < -0.3 is 9.26 Å². The largest absolute Gasteiger partial charge is 0.494 e. The van der Waals surface area contributed by atoms with Gasteiger partial charge in [-0.1, -0.05) is 6.42 Å². The molecule has 28 heavy (non-hydrogen) atoms. The molecule has 0 bridgehead atoms. The number of halogens is 2. The van der Waals surface area contributed by atoms with Crippen LogP contribution in [0.1, 0.15) is 31.2 Å². The number of rotatable bonds is 11. The highest BCUT2D eigenvalue weighted by Gasteiger charge is 2.12. The molecule has 0 saturated heterocycles. The Morgan fingerprint density at radius 2 is 1.39 bits per heavy atom. The molecule has 0 aromatic heterocycles. The molecule has 0 spiro atoms. The molecule has 0 N–H and O–H groups in total. The fraction of sp³-hybridized carbons (Fsp3) is 0.316. The number of nitriles is 1. The first-order valence-corrected chi connectivity index (χ1v) is 12.2. The van der Waals surface area contributed by atoms with E-state index in [1.807, 2.05) is 24.3 Å². The van der Waals surface area contributed by atoms with Gasteiger partial charge in [-0.3, -0.25) is 4.57 Å². The maximum absolute atomic E-state index is 10.9. The molecule has 0 amide bonds. The van der Waals surface area contributed by atoms with Crippen molar-refractivity contribution in [3.8, 4) is 11.8 Å². The summed E-state index contributed by atoms with van der Waals surface area (Å²) in [7, 11) is 0. The predicted molar refractivity (Wildman–Crippen MR) is 111 cm³/mol. The van der Waals surface area contributed by atoms with Crippen LogP contribution in [0.25, 0.3) is 0 Å². The average Bonchev–Trinajstić information content (AvgIpc) is 2.69. The zero-order valence-corrected chi connectivity index (χ0v) is 17.5. The van der Waals surface area contributed by atoms with Crippen LogP contribution in [0.4, 0.5) is 11.4 Å². The minimum absolute atomic E-state index is 0.295. The van der Waals surface area contributed by atoms with Gasteiger partial charge in [-0.15, -0.1) is 0 Å². The van der Waals surface area contributed by atoms with Crippen LogP contribution in [0, 0.1) is 11.3 Å². The first-order valence-electron chi connectivity index (χ1n) is 8.75. The van der Waals surface area contributed by atoms with Crippen LogP contribution in [0.15, 0.2) is 58.8 Å². The van der Waals surface area contributed by atoms with Gasteiger partial charge in [-0.2, -0.15) is 15.5 Å². The van der Waals surface area contributed by atoms with E-state index >= 15 is 0 Å². The lowest BCUT2D eigenvalue weighted by molar-refractivity contribution is 0.293. The maximum atomic E-state index is 10.9. The summed E-state index contributed by atoms with van der Waals surface area (Å²) >= 11 is 10.6. The SMILES string of the molecule is N#Cc1ccc(N=Nc2ccc(OCCCCCCOP(=O)(Cl)Cl)cc2)cc1. The number of ether oxygens (including phenoxy) is 1. The van der Waals surface area contributed by atoms with Crippen LogP contribution in [0.2, 0.25) is 0 Å². The van der Waals surface area contributed by atoms with Crippen LogP contribution < -0.4 is 4.74 Å². The third kappa shape index (κ3) is 9.34. The maximum Gasteiger partial charge on any atom is 0.380 e. The predicted octanol–water partition coefficient (Wildman–Crippen LogP) is 7.52. The van der Waals surface area contributed by atoms with E-state index in [1.54, 1.807) is 24.3 Å². The van der Waals surface area contributed by atoms with E-state index in [4.69, 9.17) is 37.0 Å². The molecular formula is C19H20Cl2N3O3P. The Morgan fingerprint density at radius 1 is 0.857 bits per heavy atom. The molecule has 0 atom stereocenters. The monoisotopic (exact) mass is 439 g/mol. The van der Waals surface area contributed by atoms with Gasteiger partial charge in [0, 0.05) is 0 Å². The van der Waals surface area contributed by atoms with Gasteiger partial charge in [0.25, 0.3) is 0 Å². The Balaban J connectivity index is 1.65. The molecule has 9 heteroatoms. The molecule has 0 fully saturated rings. The van der Waals surface area contributed by atoms with Crippen molar-refractivity contribution in [3.63, 3.8) is 0 Å². The van der Waals surface area contributed by atoms with Crippen molar-refractivity contribution in [2.75, 3.05) is 13.2 Å². The number of azo groups is 1. The van der Waals surface area contributed by atoms with Crippen LogP contribution in [-0.2, 0) is 9.09 Å². The lowest BCUT2D eigenvalue weighted by Crippen LogP contribution is -1.97. The zero-order valence-electron chi connectivity index (χ0n) is 15.1. The number of unbranched alkanes of at least 4 members (excludes halogenated alkanes) is 3. The summed E-state index contributed by atoms with van der Waals surface area (Å²) in [6.07, 6.45) is 0.141. The summed E-state index contributed by atoms with van der Waals surface area (Å²) in [6.45, 7) is 0.903. The number of benzene rings is 2. The molecule has 6 nitrogen and oxygen atoms in total. The second-order valence-corrected chi connectivity index (χ2v) is 10.1. The number of hydrogen-bond donors (Lipinski definition) is 0. The summed E-state index contributed by atoms with van der Waals surface area (Å²) < 4.78 is 21.4. The molecule has 0 saturated carbocycles. The standard InChI is InChI=1S/C19H20Cl2N3O3P/c20-28(21,25)27-14-4-2-1-3-13-26-19-11-9-18(10-12-19)24-23-17-7-5-16(15-22)6-8-17/h5-12H,1-4,13-14H2. The summed E-state index contributed by atoms with van der Waals surface area (Å²) in [4.78, 5) is 0. The second-order valence-electron chi connectivity index (χ2n) is 5.86. The summed E-state index contributed by atoms with van der Waals surface area (Å²) in [6, 6.07) is 16.3. The summed E-state index contributed by atoms with van der Waals surface area (Å²) in [5, 5.41) is 17.1. The minimum atomic E-state index is -3.40. The van der Waals surface area contributed by atoms with Crippen molar-refractivity contribution in [3.05, 3.63) is 54.1 Å². The summed E-state index contributed by atoms with van der Waals surface area (Å²) in [5.74, 6) is 0.769. The van der Waals surface area contributed by atoms with E-state index in [0.717, 1.165) is 31.4 Å². The van der Waals surface area contributed by atoms with Crippen LogP contribution in [0.5, 0.6) is 5.75 Å². The molecule has 0 aliphatic rings. The highest BCUT2D eigenvalue weighted by Crippen LogP contribution is 2.57. The van der Waals surface area contributed by atoms with E-state index in [9.17, 15) is 4.57 Å². The van der Waals surface area contributed by atoms with Gasteiger partial charge in [-0.25, -0.2) is 0 Å². The topological polar surface area (TPSA) is 84.0 Å². The van der Waals surface area contributed by atoms with Crippen molar-refractivity contribution in [2.45, 2.75) is 25.7 Å². The third-order valence-corrected chi connectivity index (χ3v) is 4.73. The van der Waals surface area contributed by atoms with Crippen molar-refractivity contribution in [2.24, 2.45) is 10.2 Å². The number of hydrogen-bond acceptors (Lipinski definition) is 6. The van der Waals surface area contributed by atoms with E-state index < -0.39 is 6.07 Å². The normalized spacial score (nSPS) is 11.5. The quantitative estimate of drug-likeness (QED) is 0.206. The zero-order chi connectivity index (χ0) is 20.2. The van der Waals surface area contributed by atoms with Crippen LogP contribution in [-0.4, -0.2) is 13.2 Å². The minimum Gasteiger partial charge on any atom is -0.494 e. The second kappa shape index (κ2) is 11.8. The van der Waals surface area contributed by atoms with Gasteiger partial charge >= 0.3 is 6.07 Å². The Bertz CT molecular complexity index is 846. The Labute approximate surface area is 174 Å². The molecule has 0 radical (unpaired) electrons. The lowest BCUT2D eigenvalue weighted by Gasteiger charge is -2.07. The Kier molecular flexibility index (Phi) is 9.46. The third-order valence-electron chi connectivity index (χ3n) is 3.66. The molecule has 2 aromatic carbocycles. The van der Waals surface area contributed by atoms with E-state index in [1.165, 1.54) is 0 Å². The van der Waals surface area contributed by atoms with E-state index in [0.29, 0.717) is 30.2 Å². The van der Waals surface area contributed by atoms with Crippen molar-refractivity contribution in [1.29, 1.82) is 5.26 Å². The highest BCUT2D eigenvalue weighted by molar-refractivity contribution is 8.05. The molecule has 2 aromatic rings. The first-order chi connectivity index (χ1) is 13.5. The lowest BCUT2D eigenvalue weighted by atomic mass is 10.2. The molecule has 148 valence electrons. The van der Waals surface area contributed by atoms with E-state index in [2.05, 4.69) is 16.3 Å². The highest BCUT2D eigenvalue weighted by atomic mass is 35.9. The van der Waals surface area contributed by atoms with Crippen LogP contribution >= 0.6 is 28.6 Å². The summed E-state index contributed by atoms with van der Waals surface area (Å²) in [5.41, 5.74) is 1.99. The van der Waals surface area contributed by atoms with Gasteiger partial charge in [0.05, 0.1) is 36.2 Å². The molecule has 0 aliphatic heterocycles. The van der Waals surface area contributed by atoms with Gasteiger partial charge in [0.2, 0.25) is 0 Å². The molecule has 0 aliphatic carbocycles. The van der Waals surface area contributed by atoms with Gasteiger partial charge in [0.1, 0.15) is 5.75 Å². The van der Waals surface area contributed by atoms with Crippen LogP contribution in [0.3, 0.4) is 0 Å². The first kappa shape index (κ1) is 22.4. The number of nitrogens with zero attached hydrogens (tertiary/aromatic N) is 3. The molecule has 0 unspecified atom stereocenters. The van der Waals surface area contributed by atoms with E-state index in [-0.39, 0.29) is 0 Å². The Morgan fingerprint density at radius 3 is 1.93 bits per heavy atom.